The Labute approximate surface area is 433 Å². The van der Waals surface area contributed by atoms with Gasteiger partial charge in [0.25, 0.3) is 0 Å². The number of unbranched alkanes of at least 4 members (excludes halogenated alkanes) is 31. The van der Waals surface area contributed by atoms with Crippen molar-refractivity contribution >= 4 is 17.9 Å². The van der Waals surface area contributed by atoms with Crippen molar-refractivity contribution in [2.24, 2.45) is 0 Å². The Morgan fingerprint density at radius 1 is 0.300 bits per heavy atom. The molecular weight excluding hydrogens is 865 g/mol. The van der Waals surface area contributed by atoms with Gasteiger partial charge < -0.3 is 14.2 Å². The van der Waals surface area contributed by atoms with E-state index in [1.54, 1.807) is 0 Å². The number of carbonyl (C=O) groups is 3. The zero-order valence-electron chi connectivity index (χ0n) is 46.3. The standard InChI is InChI=1S/C64H112O6/c1-4-7-10-13-16-19-22-25-28-31-34-36-39-42-45-48-51-54-57-63(66)69-60-61(70-64(67)58-55-52-49-46-43-40-37-33-30-27-24-21-18-15-12-9-6-3)59-68-62(65)56-53-50-47-44-41-38-35-32-29-26-23-20-17-14-11-8-5-2/h9,12,18,21,26-27,29-30,37,40,46,49,61H,4-8,10-11,13-17,19-20,22-25,28,31-36,38-39,41-45,47-48,50-60H2,1-3H3/b12-9-,21-18-,29-26-,30-27-,40-37-,49-46-. The van der Waals surface area contributed by atoms with Gasteiger partial charge in [0.05, 0.1) is 0 Å². The summed E-state index contributed by atoms with van der Waals surface area (Å²) in [5.74, 6) is -0.948. The molecule has 0 aliphatic heterocycles. The predicted molar refractivity (Wildman–Crippen MR) is 302 cm³/mol. The summed E-state index contributed by atoms with van der Waals surface area (Å²) in [4.78, 5) is 38.2. The summed E-state index contributed by atoms with van der Waals surface area (Å²) in [5.41, 5.74) is 0. The molecule has 1 atom stereocenters. The molecule has 70 heavy (non-hydrogen) atoms. The quantitative estimate of drug-likeness (QED) is 0.0261. The van der Waals surface area contributed by atoms with E-state index in [1.807, 2.05) is 0 Å². The summed E-state index contributed by atoms with van der Waals surface area (Å²) >= 11 is 0. The van der Waals surface area contributed by atoms with Gasteiger partial charge in [0.15, 0.2) is 6.10 Å². The van der Waals surface area contributed by atoms with E-state index >= 15 is 0 Å². The third kappa shape index (κ3) is 55.8. The zero-order chi connectivity index (χ0) is 50.7. The number of rotatable bonds is 54. The fourth-order valence-electron chi connectivity index (χ4n) is 8.47. The first kappa shape index (κ1) is 66.9. The van der Waals surface area contributed by atoms with Crippen LogP contribution in [0, 0.1) is 0 Å². The van der Waals surface area contributed by atoms with Crippen molar-refractivity contribution in [3.05, 3.63) is 72.9 Å². The van der Waals surface area contributed by atoms with Crippen LogP contribution >= 0.6 is 0 Å². The summed E-state index contributed by atoms with van der Waals surface area (Å²) in [7, 11) is 0. The molecule has 0 aromatic heterocycles. The molecule has 6 heteroatoms. The fourth-order valence-corrected chi connectivity index (χ4v) is 8.47. The van der Waals surface area contributed by atoms with E-state index in [1.165, 1.54) is 173 Å². The van der Waals surface area contributed by atoms with E-state index in [2.05, 4.69) is 93.7 Å². The molecule has 0 aliphatic carbocycles. The minimum atomic E-state index is -0.806. The summed E-state index contributed by atoms with van der Waals surface area (Å²) < 4.78 is 16.8. The maximum absolute atomic E-state index is 12.8. The Morgan fingerprint density at radius 2 is 0.571 bits per heavy atom. The van der Waals surface area contributed by atoms with Crippen molar-refractivity contribution < 1.29 is 28.6 Å². The number of esters is 3. The highest BCUT2D eigenvalue weighted by molar-refractivity contribution is 5.71. The van der Waals surface area contributed by atoms with Crippen LogP contribution in [0.3, 0.4) is 0 Å². The van der Waals surface area contributed by atoms with Crippen LogP contribution in [-0.4, -0.2) is 37.2 Å². The molecule has 0 aliphatic rings. The minimum Gasteiger partial charge on any atom is -0.462 e. The Morgan fingerprint density at radius 3 is 0.929 bits per heavy atom. The van der Waals surface area contributed by atoms with E-state index < -0.39 is 6.10 Å². The van der Waals surface area contributed by atoms with Gasteiger partial charge in [0, 0.05) is 19.3 Å². The van der Waals surface area contributed by atoms with Gasteiger partial charge >= 0.3 is 17.9 Å². The summed E-state index contributed by atoms with van der Waals surface area (Å²) in [5, 5.41) is 0. The largest absolute Gasteiger partial charge is 0.462 e. The molecule has 0 heterocycles. The van der Waals surface area contributed by atoms with E-state index in [0.717, 1.165) is 77.0 Å². The highest BCUT2D eigenvalue weighted by atomic mass is 16.6. The highest BCUT2D eigenvalue weighted by Crippen LogP contribution is 2.16. The average Bonchev–Trinajstić information content (AvgIpc) is 3.36. The SMILES string of the molecule is CC/C=C\C/C=C\C/C=C\C/C=C\C/C=C\CCCC(=O)OC(COC(=O)CCCCCCCCC/C=C\CCCCCCCC)COC(=O)CCCCCCCCCCCCCCCCCCCC. The van der Waals surface area contributed by atoms with Gasteiger partial charge in [-0.3, -0.25) is 14.4 Å². The van der Waals surface area contributed by atoms with Crippen LogP contribution in [0.4, 0.5) is 0 Å². The molecule has 6 nitrogen and oxygen atoms in total. The van der Waals surface area contributed by atoms with Gasteiger partial charge in [-0.15, -0.1) is 0 Å². The normalized spacial score (nSPS) is 12.6. The third-order valence-electron chi connectivity index (χ3n) is 12.9. The van der Waals surface area contributed by atoms with Crippen LogP contribution in [0.5, 0.6) is 0 Å². The third-order valence-corrected chi connectivity index (χ3v) is 12.9. The van der Waals surface area contributed by atoms with Crippen molar-refractivity contribution in [2.45, 2.75) is 303 Å². The Hall–Kier alpha value is -3.15. The first-order valence-electron chi connectivity index (χ1n) is 29.9. The second-order valence-corrected chi connectivity index (χ2v) is 19.9. The van der Waals surface area contributed by atoms with E-state index in [-0.39, 0.29) is 37.5 Å². The molecule has 1 unspecified atom stereocenters. The number of hydrogen-bond donors (Lipinski definition) is 0. The number of allylic oxidation sites excluding steroid dienone is 12. The van der Waals surface area contributed by atoms with Gasteiger partial charge in [-0.05, 0) is 83.5 Å². The van der Waals surface area contributed by atoms with Crippen molar-refractivity contribution in [2.75, 3.05) is 13.2 Å². The molecule has 0 saturated heterocycles. The summed E-state index contributed by atoms with van der Waals surface area (Å²) in [6.07, 6.45) is 74.7. The van der Waals surface area contributed by atoms with Gasteiger partial charge in [0.2, 0.25) is 0 Å². The van der Waals surface area contributed by atoms with Gasteiger partial charge in [-0.25, -0.2) is 0 Å². The van der Waals surface area contributed by atoms with Crippen molar-refractivity contribution in [3.8, 4) is 0 Å². The Bertz CT molecular complexity index is 1310. The smallest absolute Gasteiger partial charge is 0.306 e. The Balaban J connectivity index is 4.44. The van der Waals surface area contributed by atoms with Crippen LogP contribution in [0.15, 0.2) is 72.9 Å². The van der Waals surface area contributed by atoms with E-state index in [4.69, 9.17) is 14.2 Å². The lowest BCUT2D eigenvalue weighted by Crippen LogP contribution is -2.30. The number of carbonyl (C=O) groups excluding carboxylic acids is 3. The predicted octanol–water partition coefficient (Wildman–Crippen LogP) is 20.2. The first-order valence-corrected chi connectivity index (χ1v) is 29.9. The van der Waals surface area contributed by atoms with E-state index in [0.29, 0.717) is 19.3 Å². The summed E-state index contributed by atoms with van der Waals surface area (Å²) in [6.45, 7) is 6.51. The topological polar surface area (TPSA) is 78.9 Å². The molecule has 0 bridgehead atoms. The molecule has 0 amide bonds. The molecule has 0 aromatic rings. The van der Waals surface area contributed by atoms with Crippen LogP contribution in [0.25, 0.3) is 0 Å². The van der Waals surface area contributed by atoms with Crippen LogP contribution in [0.2, 0.25) is 0 Å². The summed E-state index contributed by atoms with van der Waals surface area (Å²) in [6, 6.07) is 0. The van der Waals surface area contributed by atoms with Crippen molar-refractivity contribution in [1.82, 2.24) is 0 Å². The Kier molecular flexibility index (Phi) is 55.8. The van der Waals surface area contributed by atoms with Gasteiger partial charge in [-0.1, -0.05) is 267 Å². The highest BCUT2D eigenvalue weighted by Gasteiger charge is 2.19. The minimum absolute atomic E-state index is 0.0966. The monoisotopic (exact) mass is 977 g/mol. The van der Waals surface area contributed by atoms with Crippen molar-refractivity contribution in [1.29, 1.82) is 0 Å². The number of ether oxygens (including phenoxy) is 3. The number of hydrogen-bond acceptors (Lipinski definition) is 6. The first-order chi connectivity index (χ1) is 34.5. The molecule has 0 radical (unpaired) electrons. The molecule has 0 rings (SSSR count). The van der Waals surface area contributed by atoms with Gasteiger partial charge in [0.1, 0.15) is 13.2 Å². The average molecular weight is 978 g/mol. The molecule has 0 N–H and O–H groups in total. The molecule has 404 valence electrons. The van der Waals surface area contributed by atoms with Crippen molar-refractivity contribution in [3.63, 3.8) is 0 Å². The molecule has 0 aromatic carbocycles. The lowest BCUT2D eigenvalue weighted by atomic mass is 10.0. The van der Waals surface area contributed by atoms with Crippen LogP contribution in [-0.2, 0) is 28.6 Å². The molecule has 0 spiro atoms. The molecule has 0 saturated carbocycles. The zero-order valence-corrected chi connectivity index (χ0v) is 46.3. The second kappa shape index (κ2) is 58.4. The fraction of sp³-hybridized carbons (Fsp3) is 0.766. The maximum Gasteiger partial charge on any atom is 0.306 e. The molecular formula is C64H112O6. The van der Waals surface area contributed by atoms with E-state index in [9.17, 15) is 14.4 Å². The van der Waals surface area contributed by atoms with Gasteiger partial charge in [-0.2, -0.15) is 0 Å². The maximum atomic E-state index is 12.8. The van der Waals surface area contributed by atoms with Crippen LogP contribution < -0.4 is 0 Å². The van der Waals surface area contributed by atoms with Crippen LogP contribution in [0.1, 0.15) is 297 Å². The molecule has 0 fully saturated rings. The lowest BCUT2D eigenvalue weighted by molar-refractivity contribution is -0.167. The second-order valence-electron chi connectivity index (χ2n) is 19.9. The lowest BCUT2D eigenvalue weighted by Gasteiger charge is -2.18.